The molecule has 0 amide bonds. The second-order valence-electron chi connectivity index (χ2n) is 4.58. The number of hydrogen-bond acceptors (Lipinski definition) is 6. The second kappa shape index (κ2) is 5.50. The Kier molecular flexibility index (Phi) is 3.69. The number of hydrogen-bond donors (Lipinski definition) is 1. The van der Waals surface area contributed by atoms with E-state index in [-0.39, 0.29) is 17.3 Å². The maximum Gasteiger partial charge on any atom is 0.191 e. The van der Waals surface area contributed by atoms with Crippen molar-refractivity contribution in [2.45, 2.75) is 12.1 Å². The van der Waals surface area contributed by atoms with Gasteiger partial charge in [0.15, 0.2) is 10.9 Å². The van der Waals surface area contributed by atoms with Crippen LogP contribution in [0.15, 0.2) is 29.4 Å². The van der Waals surface area contributed by atoms with Gasteiger partial charge < -0.3 is 9.67 Å². The van der Waals surface area contributed by atoms with Gasteiger partial charge in [0.2, 0.25) is 0 Å². The lowest BCUT2D eigenvalue weighted by molar-refractivity contribution is 0.102. The lowest BCUT2D eigenvalue weighted by atomic mass is 10.2. The Morgan fingerprint density at radius 2 is 2.14 bits per heavy atom. The third-order valence-corrected chi connectivity index (χ3v) is 5.43. The molecule has 2 heterocycles. The number of aromatic hydroxyl groups is 1. The van der Waals surface area contributed by atoms with Gasteiger partial charge in [-0.3, -0.25) is 4.79 Å². The van der Waals surface area contributed by atoms with Crippen molar-refractivity contribution in [2.75, 3.05) is 5.75 Å². The Balaban J connectivity index is 1.81. The van der Waals surface area contributed by atoms with Gasteiger partial charge in [-0.15, -0.1) is 21.5 Å². The highest BCUT2D eigenvalue weighted by atomic mass is 32.2. The molecule has 108 valence electrons. The summed E-state index contributed by atoms with van der Waals surface area (Å²) in [6.45, 7) is 1.86. The molecule has 0 aliphatic heterocycles. The number of ketones is 1. The smallest absolute Gasteiger partial charge is 0.191 e. The summed E-state index contributed by atoms with van der Waals surface area (Å²) in [4.78, 5) is 12.7. The molecule has 3 rings (SSSR count). The van der Waals surface area contributed by atoms with E-state index < -0.39 is 0 Å². The number of benzene rings is 1. The van der Waals surface area contributed by atoms with Gasteiger partial charge in [0.1, 0.15) is 16.5 Å². The van der Waals surface area contributed by atoms with Crippen LogP contribution in [-0.2, 0) is 7.05 Å². The molecule has 0 saturated heterocycles. The Bertz CT molecular complexity index is 823. The van der Waals surface area contributed by atoms with Crippen LogP contribution >= 0.6 is 23.1 Å². The fourth-order valence-corrected chi connectivity index (χ4v) is 3.88. The van der Waals surface area contributed by atoms with Crippen LogP contribution in [0, 0.1) is 6.92 Å². The number of fused-ring (bicyclic) bond motifs is 1. The second-order valence-corrected chi connectivity index (χ2v) is 6.57. The molecule has 0 spiro atoms. The van der Waals surface area contributed by atoms with E-state index >= 15 is 0 Å². The van der Waals surface area contributed by atoms with Gasteiger partial charge in [0.05, 0.1) is 5.75 Å². The molecule has 0 atom stereocenters. The number of thiophene rings is 1. The van der Waals surface area contributed by atoms with Crippen molar-refractivity contribution < 1.29 is 9.90 Å². The molecule has 5 nitrogen and oxygen atoms in total. The maximum atomic E-state index is 12.3. The highest BCUT2D eigenvalue weighted by Gasteiger charge is 2.18. The third-order valence-electron chi connectivity index (χ3n) is 3.21. The lowest BCUT2D eigenvalue weighted by Gasteiger charge is -2.00. The molecule has 0 radical (unpaired) electrons. The maximum absolute atomic E-state index is 12.3. The number of thioether (sulfide) groups is 1. The van der Waals surface area contributed by atoms with Crippen molar-refractivity contribution in [3.63, 3.8) is 0 Å². The van der Waals surface area contributed by atoms with E-state index in [0.29, 0.717) is 10.0 Å². The van der Waals surface area contributed by atoms with Crippen LogP contribution in [0.1, 0.15) is 15.5 Å². The van der Waals surface area contributed by atoms with Crippen molar-refractivity contribution in [3.8, 4) is 5.75 Å². The summed E-state index contributed by atoms with van der Waals surface area (Å²) in [5, 5.41) is 19.5. The third kappa shape index (κ3) is 2.54. The Morgan fingerprint density at radius 1 is 1.38 bits per heavy atom. The molecule has 0 aliphatic carbocycles. The van der Waals surface area contributed by atoms with Crippen LogP contribution in [0.3, 0.4) is 0 Å². The average molecular weight is 319 g/mol. The molecule has 0 bridgehead atoms. The molecular weight excluding hydrogens is 306 g/mol. The number of rotatable bonds is 4. The van der Waals surface area contributed by atoms with E-state index in [1.807, 2.05) is 42.8 Å². The summed E-state index contributed by atoms with van der Waals surface area (Å²) in [5.74, 6) is 1.01. The Hall–Kier alpha value is -1.86. The first-order valence-electron chi connectivity index (χ1n) is 6.30. The fourth-order valence-electron chi connectivity index (χ4n) is 1.93. The minimum atomic E-state index is -0.0978. The predicted molar refractivity (Wildman–Crippen MR) is 84.3 cm³/mol. The van der Waals surface area contributed by atoms with Gasteiger partial charge in [-0.1, -0.05) is 23.9 Å². The highest BCUT2D eigenvalue weighted by Crippen LogP contribution is 2.37. The van der Waals surface area contributed by atoms with Gasteiger partial charge in [-0.05, 0) is 19.1 Å². The Morgan fingerprint density at radius 3 is 2.81 bits per heavy atom. The van der Waals surface area contributed by atoms with E-state index in [0.717, 1.165) is 15.9 Å². The van der Waals surface area contributed by atoms with Gasteiger partial charge >= 0.3 is 0 Å². The summed E-state index contributed by atoms with van der Waals surface area (Å²) in [6.07, 6.45) is 0. The molecule has 1 aromatic carbocycles. The van der Waals surface area contributed by atoms with Crippen LogP contribution in [0.5, 0.6) is 5.75 Å². The van der Waals surface area contributed by atoms with E-state index in [1.165, 1.54) is 23.1 Å². The largest absolute Gasteiger partial charge is 0.506 e. The summed E-state index contributed by atoms with van der Waals surface area (Å²) >= 11 is 2.65. The van der Waals surface area contributed by atoms with Crippen LogP contribution < -0.4 is 0 Å². The molecule has 0 fully saturated rings. The molecule has 7 heteroatoms. The molecule has 3 aromatic rings. The zero-order valence-electron chi connectivity index (χ0n) is 11.5. The van der Waals surface area contributed by atoms with Gasteiger partial charge in [0, 0.05) is 17.1 Å². The normalized spacial score (nSPS) is 11.1. The molecule has 21 heavy (non-hydrogen) atoms. The summed E-state index contributed by atoms with van der Waals surface area (Å²) < 4.78 is 2.75. The quantitative estimate of drug-likeness (QED) is 0.591. The van der Waals surface area contributed by atoms with Gasteiger partial charge in [-0.25, -0.2) is 0 Å². The van der Waals surface area contributed by atoms with Crippen molar-refractivity contribution in [1.29, 1.82) is 0 Å². The molecule has 0 saturated carbocycles. The van der Waals surface area contributed by atoms with Crippen molar-refractivity contribution in [3.05, 3.63) is 35.0 Å². The predicted octanol–water partition coefficient (Wildman–Crippen LogP) is 3.02. The van der Waals surface area contributed by atoms with Crippen LogP contribution in [-0.4, -0.2) is 31.4 Å². The van der Waals surface area contributed by atoms with Crippen LogP contribution in [0.2, 0.25) is 0 Å². The number of carbonyl (C=O) groups is 1. The zero-order valence-corrected chi connectivity index (χ0v) is 13.2. The number of Topliss-reactive ketones (excluding diaryl/α,β-unsaturated/α-hetero) is 1. The monoisotopic (exact) mass is 319 g/mol. The molecular formula is C14H13N3O2S2. The van der Waals surface area contributed by atoms with Crippen molar-refractivity contribution in [1.82, 2.24) is 14.8 Å². The number of carbonyl (C=O) groups excluding carboxylic acids is 1. The first-order chi connectivity index (χ1) is 10.1. The van der Waals surface area contributed by atoms with Gasteiger partial charge in [0.25, 0.3) is 0 Å². The van der Waals surface area contributed by atoms with Gasteiger partial charge in [-0.2, -0.15) is 0 Å². The highest BCUT2D eigenvalue weighted by molar-refractivity contribution is 7.99. The molecule has 2 aromatic heterocycles. The average Bonchev–Trinajstić information content (AvgIpc) is 2.99. The van der Waals surface area contributed by atoms with E-state index in [1.54, 1.807) is 0 Å². The molecule has 1 N–H and O–H groups in total. The molecule has 0 aliphatic rings. The minimum absolute atomic E-state index is 0.0790. The molecule has 0 unspecified atom stereocenters. The van der Waals surface area contributed by atoms with E-state index in [4.69, 9.17) is 0 Å². The number of aromatic nitrogens is 3. The number of nitrogens with zero attached hydrogens (tertiary/aromatic N) is 3. The standard InChI is InChI=1S/C14H13N3O2S2/c1-8-15-16-14(17(8)2)20-7-10(18)13-12(19)9-5-3-4-6-11(9)21-13/h3-6,19H,7H2,1-2H3. The summed E-state index contributed by atoms with van der Waals surface area (Å²) in [6, 6.07) is 7.45. The topological polar surface area (TPSA) is 68.0 Å². The van der Waals surface area contributed by atoms with Crippen LogP contribution in [0.4, 0.5) is 0 Å². The summed E-state index contributed by atoms with van der Waals surface area (Å²) in [7, 11) is 1.86. The fraction of sp³-hybridized carbons (Fsp3) is 0.214. The SMILES string of the molecule is Cc1nnc(SCC(=O)c2sc3ccccc3c2O)n1C. The number of aryl methyl sites for hydroxylation is 1. The first-order valence-corrected chi connectivity index (χ1v) is 8.10. The Labute approximate surface area is 129 Å². The van der Waals surface area contributed by atoms with Crippen molar-refractivity contribution >= 4 is 39.0 Å². The van der Waals surface area contributed by atoms with E-state index in [9.17, 15) is 9.90 Å². The zero-order chi connectivity index (χ0) is 15.0. The first kappa shape index (κ1) is 14.1. The lowest BCUT2D eigenvalue weighted by Crippen LogP contribution is -2.02. The van der Waals surface area contributed by atoms with Crippen molar-refractivity contribution in [2.24, 2.45) is 7.05 Å². The minimum Gasteiger partial charge on any atom is -0.506 e. The van der Waals surface area contributed by atoms with Crippen LogP contribution in [0.25, 0.3) is 10.1 Å². The summed E-state index contributed by atoms with van der Waals surface area (Å²) in [5.41, 5.74) is 0. The van der Waals surface area contributed by atoms with E-state index in [2.05, 4.69) is 10.2 Å².